The molecule has 0 bridgehead atoms. The average Bonchev–Trinajstić information content (AvgIpc) is 2.73. The molecule has 112 valence electrons. The van der Waals surface area contributed by atoms with E-state index in [4.69, 9.17) is 5.73 Å². The van der Waals surface area contributed by atoms with E-state index in [0.29, 0.717) is 18.0 Å². The van der Waals surface area contributed by atoms with Crippen molar-refractivity contribution in [3.8, 4) is 0 Å². The lowest BCUT2D eigenvalue weighted by molar-refractivity contribution is 0.347. The molecule has 0 radical (unpaired) electrons. The molecular weight excluding hydrogens is 286 g/mol. The number of hydrogen-bond acceptors (Lipinski definition) is 4. The highest BCUT2D eigenvalue weighted by Crippen LogP contribution is 2.32. The van der Waals surface area contributed by atoms with E-state index in [-0.39, 0.29) is 11.5 Å². The maximum Gasteiger partial charge on any atom is 0.243 e. The maximum absolute atomic E-state index is 12.8. The van der Waals surface area contributed by atoms with Gasteiger partial charge < -0.3 is 5.73 Å². The van der Waals surface area contributed by atoms with Gasteiger partial charge in [-0.3, -0.25) is 4.98 Å². The standard InChI is InChI=1S/C15H19N3O2S/c1-15(2)10-18(9-14(15)16)21(19,20)13-4-3-12-8-17-6-5-11(12)7-13/h3-8,14H,9-10,16H2,1-2H3. The molecule has 1 aromatic heterocycles. The van der Waals surface area contributed by atoms with Gasteiger partial charge in [-0.05, 0) is 29.0 Å². The molecule has 2 N–H and O–H groups in total. The summed E-state index contributed by atoms with van der Waals surface area (Å²) in [5.74, 6) is 0. The zero-order chi connectivity index (χ0) is 15.3. The molecular formula is C15H19N3O2S. The molecule has 1 aliphatic rings. The fourth-order valence-corrected chi connectivity index (χ4v) is 4.33. The molecule has 1 fully saturated rings. The van der Waals surface area contributed by atoms with Gasteiger partial charge in [0, 0.05) is 36.9 Å². The van der Waals surface area contributed by atoms with Crippen molar-refractivity contribution in [3.05, 3.63) is 36.7 Å². The lowest BCUT2D eigenvalue weighted by Gasteiger charge is -2.21. The molecule has 1 atom stereocenters. The predicted molar refractivity (Wildman–Crippen MR) is 82.3 cm³/mol. The molecule has 21 heavy (non-hydrogen) atoms. The summed E-state index contributed by atoms with van der Waals surface area (Å²) in [7, 11) is -3.50. The van der Waals surface area contributed by atoms with E-state index in [2.05, 4.69) is 4.98 Å². The first-order valence-corrected chi connectivity index (χ1v) is 8.34. The van der Waals surface area contributed by atoms with Crippen LogP contribution in [0.2, 0.25) is 0 Å². The van der Waals surface area contributed by atoms with Crippen molar-refractivity contribution in [3.63, 3.8) is 0 Å². The number of rotatable bonds is 2. The third-order valence-electron chi connectivity index (χ3n) is 4.24. The molecule has 5 nitrogen and oxygen atoms in total. The van der Waals surface area contributed by atoms with Crippen molar-refractivity contribution in [2.75, 3.05) is 13.1 Å². The van der Waals surface area contributed by atoms with Gasteiger partial charge in [-0.15, -0.1) is 0 Å². The van der Waals surface area contributed by atoms with Crippen LogP contribution in [0.15, 0.2) is 41.6 Å². The smallest absolute Gasteiger partial charge is 0.243 e. The molecule has 1 aliphatic heterocycles. The third kappa shape index (κ3) is 2.43. The topological polar surface area (TPSA) is 76.3 Å². The first kappa shape index (κ1) is 14.4. The van der Waals surface area contributed by atoms with Gasteiger partial charge in [0.05, 0.1) is 4.90 Å². The van der Waals surface area contributed by atoms with Crippen molar-refractivity contribution in [2.45, 2.75) is 24.8 Å². The molecule has 0 aliphatic carbocycles. The van der Waals surface area contributed by atoms with Gasteiger partial charge in [-0.2, -0.15) is 4.31 Å². The maximum atomic E-state index is 12.8. The van der Waals surface area contributed by atoms with Crippen LogP contribution in [0, 0.1) is 5.41 Å². The van der Waals surface area contributed by atoms with Gasteiger partial charge in [0.1, 0.15) is 0 Å². The molecule has 1 unspecified atom stereocenters. The zero-order valence-corrected chi connectivity index (χ0v) is 13.0. The van der Waals surface area contributed by atoms with Crippen LogP contribution in [0.5, 0.6) is 0 Å². The highest BCUT2D eigenvalue weighted by atomic mass is 32.2. The Balaban J connectivity index is 2.01. The Kier molecular flexibility index (Phi) is 3.27. The molecule has 6 heteroatoms. The van der Waals surface area contributed by atoms with Crippen LogP contribution in [0.1, 0.15) is 13.8 Å². The number of fused-ring (bicyclic) bond motifs is 1. The summed E-state index contributed by atoms with van der Waals surface area (Å²) in [6.45, 7) is 4.81. The van der Waals surface area contributed by atoms with E-state index in [9.17, 15) is 8.42 Å². The number of sulfonamides is 1. The first-order valence-electron chi connectivity index (χ1n) is 6.90. The average molecular weight is 305 g/mol. The number of pyridine rings is 1. The molecule has 0 spiro atoms. The number of nitrogens with two attached hydrogens (primary N) is 1. The number of hydrogen-bond donors (Lipinski definition) is 1. The summed E-state index contributed by atoms with van der Waals surface area (Å²) in [6, 6.07) is 6.79. The van der Waals surface area contributed by atoms with E-state index in [1.54, 1.807) is 30.6 Å². The van der Waals surface area contributed by atoms with Crippen LogP contribution >= 0.6 is 0 Å². The second-order valence-electron chi connectivity index (χ2n) is 6.28. The fraction of sp³-hybridized carbons (Fsp3) is 0.400. The monoisotopic (exact) mass is 305 g/mol. The first-order chi connectivity index (χ1) is 9.80. The summed E-state index contributed by atoms with van der Waals surface area (Å²) in [5, 5.41) is 1.80. The lowest BCUT2D eigenvalue weighted by atomic mass is 9.89. The van der Waals surface area contributed by atoms with Gasteiger partial charge in [0.25, 0.3) is 0 Å². The highest BCUT2D eigenvalue weighted by Gasteiger charge is 2.42. The largest absolute Gasteiger partial charge is 0.326 e. The van der Waals surface area contributed by atoms with Gasteiger partial charge in [0.2, 0.25) is 10.0 Å². The van der Waals surface area contributed by atoms with Gasteiger partial charge in [-0.25, -0.2) is 8.42 Å². The summed E-state index contributed by atoms with van der Waals surface area (Å²) in [4.78, 5) is 4.35. The Morgan fingerprint density at radius 2 is 2.05 bits per heavy atom. The van der Waals surface area contributed by atoms with Crippen molar-refractivity contribution >= 4 is 20.8 Å². The quantitative estimate of drug-likeness (QED) is 0.914. The van der Waals surface area contributed by atoms with Crippen LogP contribution in [0.25, 0.3) is 10.8 Å². The molecule has 1 saturated heterocycles. The molecule has 1 aromatic carbocycles. The Morgan fingerprint density at radius 1 is 1.29 bits per heavy atom. The number of aromatic nitrogens is 1. The van der Waals surface area contributed by atoms with Crippen molar-refractivity contribution in [2.24, 2.45) is 11.1 Å². The van der Waals surface area contributed by atoms with Crippen molar-refractivity contribution in [1.29, 1.82) is 0 Å². The summed E-state index contributed by atoms with van der Waals surface area (Å²) < 4.78 is 27.0. The summed E-state index contributed by atoms with van der Waals surface area (Å²) in [5.41, 5.74) is 5.85. The van der Waals surface area contributed by atoms with Crippen molar-refractivity contribution < 1.29 is 8.42 Å². The molecule has 2 heterocycles. The van der Waals surface area contributed by atoms with E-state index in [1.807, 2.05) is 19.9 Å². The van der Waals surface area contributed by atoms with Gasteiger partial charge in [-0.1, -0.05) is 19.9 Å². The second-order valence-corrected chi connectivity index (χ2v) is 8.22. The minimum Gasteiger partial charge on any atom is -0.326 e. The van der Waals surface area contributed by atoms with Crippen LogP contribution in [-0.2, 0) is 10.0 Å². The van der Waals surface area contributed by atoms with Crippen LogP contribution in [0.3, 0.4) is 0 Å². The highest BCUT2D eigenvalue weighted by molar-refractivity contribution is 7.89. The van der Waals surface area contributed by atoms with Crippen LogP contribution in [0.4, 0.5) is 0 Å². The predicted octanol–water partition coefficient (Wildman–Crippen LogP) is 1.59. The van der Waals surface area contributed by atoms with Crippen LogP contribution < -0.4 is 5.73 Å². The summed E-state index contributed by atoms with van der Waals surface area (Å²) in [6.07, 6.45) is 3.38. The molecule has 3 rings (SSSR count). The molecule has 0 amide bonds. The Morgan fingerprint density at radius 3 is 2.71 bits per heavy atom. The normalized spacial score (nSPS) is 22.7. The minimum absolute atomic E-state index is 0.142. The molecule has 2 aromatic rings. The summed E-state index contributed by atoms with van der Waals surface area (Å²) >= 11 is 0. The van der Waals surface area contributed by atoms with E-state index < -0.39 is 10.0 Å². The Hall–Kier alpha value is -1.50. The number of nitrogens with zero attached hydrogens (tertiary/aromatic N) is 2. The lowest BCUT2D eigenvalue weighted by Crippen LogP contribution is -2.35. The van der Waals surface area contributed by atoms with E-state index in [0.717, 1.165) is 10.8 Å². The van der Waals surface area contributed by atoms with Crippen LogP contribution in [-0.4, -0.2) is 36.8 Å². The Labute approximate surface area is 124 Å². The third-order valence-corrected chi connectivity index (χ3v) is 6.05. The SMILES string of the molecule is CC1(C)CN(S(=O)(=O)c2ccc3cnccc3c2)CC1N. The Bertz CT molecular complexity index is 786. The van der Waals surface area contributed by atoms with E-state index in [1.165, 1.54) is 4.31 Å². The van der Waals surface area contributed by atoms with Gasteiger partial charge in [0.15, 0.2) is 0 Å². The fourth-order valence-electron chi connectivity index (χ4n) is 2.66. The number of benzene rings is 1. The van der Waals surface area contributed by atoms with Crippen molar-refractivity contribution in [1.82, 2.24) is 9.29 Å². The molecule has 0 saturated carbocycles. The van der Waals surface area contributed by atoms with E-state index >= 15 is 0 Å². The zero-order valence-electron chi connectivity index (χ0n) is 12.2. The van der Waals surface area contributed by atoms with Gasteiger partial charge >= 0.3 is 0 Å². The second kappa shape index (κ2) is 4.76. The minimum atomic E-state index is -3.50.